The van der Waals surface area contributed by atoms with E-state index < -0.39 is 17.9 Å². The zero-order valence-electron chi connectivity index (χ0n) is 17.4. The number of amides is 1. The summed E-state index contributed by atoms with van der Waals surface area (Å²) in [6.45, 7) is 3.94. The van der Waals surface area contributed by atoms with Crippen molar-refractivity contribution in [2.45, 2.75) is 26.4 Å². The number of carbonyl (C=O) groups is 2. The van der Waals surface area contributed by atoms with Gasteiger partial charge in [0.15, 0.2) is 0 Å². The van der Waals surface area contributed by atoms with Gasteiger partial charge in [-0.3, -0.25) is 14.5 Å². The fourth-order valence-electron chi connectivity index (χ4n) is 2.78. The molecule has 10 heteroatoms. The lowest BCUT2D eigenvalue weighted by molar-refractivity contribution is -0.144. The molecule has 3 aromatic rings. The molecule has 9 nitrogen and oxygen atoms in total. The summed E-state index contributed by atoms with van der Waals surface area (Å²) >= 11 is 0. The molecule has 0 unspecified atom stereocenters. The van der Waals surface area contributed by atoms with Gasteiger partial charge in [-0.15, -0.1) is 0 Å². The first-order valence-electron chi connectivity index (χ1n) is 9.61. The van der Waals surface area contributed by atoms with Crippen LogP contribution < -0.4 is 5.32 Å². The normalized spacial score (nSPS) is 11.0. The predicted molar refractivity (Wildman–Crippen MR) is 110 cm³/mol. The number of methoxy groups -OCH3 is 1. The number of nitrogens with zero attached hydrogens (tertiary/aromatic N) is 3. The lowest BCUT2D eigenvalue weighted by Gasteiger charge is -2.09. The largest absolute Gasteiger partial charge is 0.463 e. The smallest absolute Gasteiger partial charge is 0.411 e. The summed E-state index contributed by atoms with van der Waals surface area (Å²) in [6, 6.07) is 4.35. The molecule has 1 N–H and O–H groups in total. The first kappa shape index (κ1) is 22.2. The Morgan fingerprint density at radius 3 is 2.77 bits per heavy atom. The molecule has 0 aliphatic heterocycles. The van der Waals surface area contributed by atoms with Gasteiger partial charge in [-0.1, -0.05) is 6.07 Å². The van der Waals surface area contributed by atoms with Gasteiger partial charge in [-0.05, 0) is 31.5 Å². The molecule has 2 heterocycles. The topological polar surface area (TPSA) is 104 Å². The number of nitrogens with one attached hydrogen (secondary N) is 1. The maximum Gasteiger partial charge on any atom is 0.411 e. The van der Waals surface area contributed by atoms with Gasteiger partial charge < -0.3 is 14.2 Å². The standard InChI is InChI=1S/C21H23FN4O5/c1-13(2)31-21(28)24-15-10-23-20-25-18(12-26(20)11-15)16-8-14(4-5-17(16)22)9-19(27)30-7-6-29-3/h4-5,8,10-13H,6-7,9H2,1-3H3,(H,24,28). The molecule has 0 radical (unpaired) electrons. The molecular weight excluding hydrogens is 407 g/mol. The zero-order chi connectivity index (χ0) is 22.4. The van der Waals surface area contributed by atoms with Gasteiger partial charge in [-0.2, -0.15) is 0 Å². The number of rotatable bonds is 8. The van der Waals surface area contributed by atoms with Gasteiger partial charge in [0.25, 0.3) is 0 Å². The molecule has 0 fully saturated rings. The summed E-state index contributed by atoms with van der Waals surface area (Å²) in [7, 11) is 1.51. The van der Waals surface area contributed by atoms with Gasteiger partial charge in [-0.25, -0.2) is 19.2 Å². The van der Waals surface area contributed by atoms with E-state index in [1.165, 1.54) is 25.4 Å². The lowest BCUT2D eigenvalue weighted by atomic mass is 10.1. The fourth-order valence-corrected chi connectivity index (χ4v) is 2.78. The number of hydrogen-bond acceptors (Lipinski definition) is 7. The van der Waals surface area contributed by atoms with Crippen molar-refractivity contribution in [2.75, 3.05) is 25.6 Å². The number of carbonyl (C=O) groups excluding carboxylic acids is 2. The molecule has 3 rings (SSSR count). The highest BCUT2D eigenvalue weighted by Gasteiger charge is 2.14. The summed E-state index contributed by atoms with van der Waals surface area (Å²) in [6.07, 6.45) is 3.73. The van der Waals surface area contributed by atoms with Crippen molar-refractivity contribution in [1.29, 1.82) is 0 Å². The molecule has 2 aromatic heterocycles. The van der Waals surface area contributed by atoms with Gasteiger partial charge in [0.1, 0.15) is 12.4 Å². The predicted octanol–water partition coefficient (Wildman–Crippen LogP) is 3.22. The molecule has 0 atom stereocenters. The van der Waals surface area contributed by atoms with E-state index in [1.807, 2.05) is 0 Å². The van der Waals surface area contributed by atoms with E-state index in [2.05, 4.69) is 15.3 Å². The van der Waals surface area contributed by atoms with Crippen molar-refractivity contribution in [3.63, 3.8) is 0 Å². The van der Waals surface area contributed by atoms with Crippen LogP contribution in [0.3, 0.4) is 0 Å². The summed E-state index contributed by atoms with van der Waals surface area (Å²) in [5.41, 5.74) is 1.54. The highest BCUT2D eigenvalue weighted by Crippen LogP contribution is 2.24. The number of hydrogen-bond donors (Lipinski definition) is 1. The van der Waals surface area contributed by atoms with Crippen LogP contribution in [0.5, 0.6) is 0 Å². The van der Waals surface area contributed by atoms with Crippen molar-refractivity contribution in [3.8, 4) is 11.3 Å². The Morgan fingerprint density at radius 1 is 1.23 bits per heavy atom. The fraction of sp³-hybridized carbons (Fsp3) is 0.333. The van der Waals surface area contributed by atoms with E-state index in [0.717, 1.165) is 0 Å². The van der Waals surface area contributed by atoms with Crippen molar-refractivity contribution in [3.05, 3.63) is 48.2 Å². The molecule has 0 saturated heterocycles. The maximum absolute atomic E-state index is 14.5. The number of ether oxygens (including phenoxy) is 3. The number of fused-ring (bicyclic) bond motifs is 1. The molecule has 0 aliphatic rings. The average Bonchev–Trinajstić information content (AvgIpc) is 3.12. The summed E-state index contributed by atoms with van der Waals surface area (Å²) in [5, 5.41) is 2.57. The van der Waals surface area contributed by atoms with Gasteiger partial charge in [0.05, 0.1) is 36.7 Å². The summed E-state index contributed by atoms with van der Waals surface area (Å²) in [4.78, 5) is 32.2. The first-order valence-corrected chi connectivity index (χ1v) is 9.61. The second kappa shape index (κ2) is 9.98. The van der Waals surface area contributed by atoms with Crippen molar-refractivity contribution >= 4 is 23.5 Å². The number of halogens is 1. The van der Waals surface area contributed by atoms with Crippen LogP contribution in [0.15, 0.2) is 36.8 Å². The van der Waals surface area contributed by atoms with Crippen molar-refractivity contribution < 1.29 is 28.2 Å². The van der Waals surface area contributed by atoms with E-state index in [0.29, 0.717) is 29.3 Å². The van der Waals surface area contributed by atoms with Crippen molar-refractivity contribution in [2.24, 2.45) is 0 Å². The minimum atomic E-state index is -0.604. The van der Waals surface area contributed by atoms with Crippen molar-refractivity contribution in [1.82, 2.24) is 14.4 Å². The SMILES string of the molecule is COCCOC(=O)Cc1ccc(F)c(-c2cn3cc(NC(=O)OC(C)C)cnc3n2)c1. The minimum Gasteiger partial charge on any atom is -0.463 e. The molecule has 1 aromatic carbocycles. The number of benzene rings is 1. The quantitative estimate of drug-likeness (QED) is 0.432. The van der Waals surface area contributed by atoms with Gasteiger partial charge >= 0.3 is 12.1 Å². The molecule has 0 spiro atoms. The summed E-state index contributed by atoms with van der Waals surface area (Å²) < 4.78 is 30.9. The Kier molecular flexibility index (Phi) is 7.14. The van der Waals surface area contributed by atoms with Crippen LogP contribution in [0.1, 0.15) is 19.4 Å². The highest BCUT2D eigenvalue weighted by molar-refractivity contribution is 5.84. The molecule has 0 aliphatic carbocycles. The maximum atomic E-state index is 14.5. The average molecular weight is 430 g/mol. The van der Waals surface area contributed by atoms with E-state index >= 15 is 0 Å². The molecule has 0 bridgehead atoms. The lowest BCUT2D eigenvalue weighted by Crippen LogP contribution is -2.18. The second-order valence-electron chi connectivity index (χ2n) is 6.96. The number of imidazole rings is 1. The van der Waals surface area contributed by atoms with Gasteiger partial charge in [0.2, 0.25) is 5.78 Å². The summed E-state index contributed by atoms with van der Waals surface area (Å²) in [5.74, 6) is -0.601. The van der Waals surface area contributed by atoms with Gasteiger partial charge in [0, 0.05) is 25.1 Å². The number of anilines is 1. The highest BCUT2D eigenvalue weighted by atomic mass is 19.1. The number of esters is 1. The van der Waals surface area contributed by atoms with Crippen LogP contribution in [-0.4, -0.2) is 52.9 Å². The van der Waals surface area contributed by atoms with Crippen LogP contribution in [-0.2, 0) is 25.4 Å². The van der Waals surface area contributed by atoms with Crippen LogP contribution in [0.2, 0.25) is 0 Å². The van der Waals surface area contributed by atoms with Crippen LogP contribution in [0.4, 0.5) is 14.9 Å². The van der Waals surface area contributed by atoms with E-state index in [-0.39, 0.29) is 24.7 Å². The molecule has 1 amide bonds. The monoisotopic (exact) mass is 430 g/mol. The van der Waals surface area contributed by atoms with Crippen LogP contribution >= 0.6 is 0 Å². The third kappa shape index (κ3) is 5.98. The zero-order valence-corrected chi connectivity index (χ0v) is 17.4. The van der Waals surface area contributed by atoms with E-state index in [4.69, 9.17) is 14.2 Å². The molecule has 0 saturated carbocycles. The molecule has 31 heavy (non-hydrogen) atoms. The molecular formula is C21H23FN4O5. The third-order valence-corrected chi connectivity index (χ3v) is 4.10. The minimum absolute atomic E-state index is 0.00531. The van der Waals surface area contributed by atoms with E-state index in [1.54, 1.807) is 36.7 Å². The Morgan fingerprint density at radius 2 is 2.03 bits per heavy atom. The Hall–Kier alpha value is -3.53. The van der Waals surface area contributed by atoms with E-state index in [9.17, 15) is 14.0 Å². The third-order valence-electron chi connectivity index (χ3n) is 4.10. The number of aromatic nitrogens is 3. The second-order valence-corrected chi connectivity index (χ2v) is 6.96. The van der Waals surface area contributed by atoms with Crippen LogP contribution in [0.25, 0.3) is 17.0 Å². The Balaban J connectivity index is 1.79. The molecule has 164 valence electrons. The first-order chi connectivity index (χ1) is 14.9. The van der Waals surface area contributed by atoms with Crippen LogP contribution in [0, 0.1) is 5.82 Å². The Bertz CT molecular complexity index is 1080. The Labute approximate surface area is 178 Å².